The molecule has 0 bridgehead atoms. The quantitative estimate of drug-likeness (QED) is 0.334. The molecule has 0 radical (unpaired) electrons. The summed E-state index contributed by atoms with van der Waals surface area (Å²) >= 11 is 2.73. The van der Waals surface area contributed by atoms with E-state index in [4.69, 9.17) is 0 Å². The Hall–Kier alpha value is -3.87. The fourth-order valence-corrected chi connectivity index (χ4v) is 6.11. The molecular weight excluding hydrogens is 531 g/mol. The van der Waals surface area contributed by atoms with Crippen LogP contribution in [-0.2, 0) is 21.2 Å². The number of aromatic nitrogens is 2. The molecule has 3 aromatic heterocycles. The zero-order chi connectivity index (χ0) is 26.0. The Labute approximate surface area is 221 Å². The van der Waals surface area contributed by atoms with Gasteiger partial charge in [-0.25, -0.2) is 23.1 Å². The van der Waals surface area contributed by atoms with E-state index in [-0.39, 0.29) is 28.4 Å². The van der Waals surface area contributed by atoms with E-state index in [1.165, 1.54) is 34.9 Å². The molecule has 9 nitrogen and oxygen atoms in total. The van der Waals surface area contributed by atoms with Crippen LogP contribution in [0.25, 0.3) is 6.08 Å². The third-order valence-corrected chi connectivity index (χ3v) is 8.59. The van der Waals surface area contributed by atoms with Crippen LogP contribution in [-0.4, -0.2) is 36.7 Å². The number of amides is 2. The highest BCUT2D eigenvalue weighted by molar-refractivity contribution is 7.92. The lowest BCUT2D eigenvalue weighted by Gasteiger charge is -2.20. The van der Waals surface area contributed by atoms with Crippen molar-refractivity contribution in [3.63, 3.8) is 0 Å². The molecule has 0 atom stereocenters. The van der Waals surface area contributed by atoms with Crippen molar-refractivity contribution in [2.45, 2.75) is 18.2 Å². The number of hydrogen-bond donors (Lipinski definition) is 2. The number of anilines is 2. The summed E-state index contributed by atoms with van der Waals surface area (Å²) in [6, 6.07) is 13.4. The van der Waals surface area contributed by atoms with Gasteiger partial charge in [0.25, 0.3) is 21.8 Å². The van der Waals surface area contributed by atoms with Crippen LogP contribution in [0.3, 0.4) is 0 Å². The van der Waals surface area contributed by atoms with Gasteiger partial charge in [0.1, 0.15) is 5.70 Å². The van der Waals surface area contributed by atoms with Crippen molar-refractivity contribution in [1.29, 1.82) is 0 Å². The van der Waals surface area contributed by atoms with Gasteiger partial charge in [-0.05, 0) is 72.1 Å². The molecule has 1 aromatic carbocycles. The molecule has 0 aliphatic carbocycles. The van der Waals surface area contributed by atoms with Gasteiger partial charge in [-0.2, -0.15) is 0 Å². The highest BCUT2D eigenvalue weighted by Crippen LogP contribution is 2.32. The van der Waals surface area contributed by atoms with Gasteiger partial charge in [0, 0.05) is 29.0 Å². The van der Waals surface area contributed by atoms with Crippen LogP contribution in [0.15, 0.2) is 76.1 Å². The molecule has 1 aliphatic heterocycles. The van der Waals surface area contributed by atoms with Crippen molar-refractivity contribution in [3.05, 3.63) is 92.2 Å². The normalized spacial score (nSPS) is 13.3. The zero-order valence-corrected chi connectivity index (χ0v) is 22.0. The van der Waals surface area contributed by atoms with Gasteiger partial charge >= 0.3 is 0 Å². The van der Waals surface area contributed by atoms with Crippen LogP contribution in [0.2, 0.25) is 0 Å². The summed E-state index contributed by atoms with van der Waals surface area (Å²) in [5.74, 6) is -0.752. The van der Waals surface area contributed by atoms with Crippen LogP contribution in [0.4, 0.5) is 11.6 Å². The summed E-state index contributed by atoms with van der Waals surface area (Å²) in [5.41, 5.74) is 2.08. The van der Waals surface area contributed by atoms with Crippen LogP contribution in [0.1, 0.15) is 25.8 Å². The Morgan fingerprint density at radius 3 is 2.62 bits per heavy atom. The van der Waals surface area contributed by atoms with Crippen LogP contribution in [0, 0.1) is 6.92 Å². The van der Waals surface area contributed by atoms with Gasteiger partial charge in [0.05, 0.1) is 9.77 Å². The first kappa shape index (κ1) is 24.8. The topological polar surface area (TPSA) is 121 Å². The number of nitrogens with zero attached hydrogens (tertiary/aromatic N) is 3. The standard InChI is InChI=1S/C25H21N5O4S3/c1-16-8-10-26-25(27-16)29-37(33,34)19-6-7-21-17(14-19)9-11-30(21)24(32)20(15-18-4-2-12-35-18)28-23(31)22-5-3-13-36-22/h2-8,10,12-15H,9,11H2,1H3,(H,28,31)(H,26,27,29)/b20-15+. The van der Waals surface area contributed by atoms with Crippen molar-refractivity contribution >= 4 is 62.2 Å². The Balaban J connectivity index is 1.40. The van der Waals surface area contributed by atoms with E-state index in [0.29, 0.717) is 34.8 Å². The molecule has 4 heterocycles. The van der Waals surface area contributed by atoms with E-state index in [9.17, 15) is 18.0 Å². The summed E-state index contributed by atoms with van der Waals surface area (Å²) in [7, 11) is -3.93. The molecule has 0 saturated carbocycles. The third kappa shape index (κ3) is 5.45. The second kappa shape index (κ2) is 10.2. The van der Waals surface area contributed by atoms with Crippen LogP contribution >= 0.6 is 22.7 Å². The first-order chi connectivity index (χ1) is 17.8. The predicted molar refractivity (Wildman–Crippen MR) is 144 cm³/mol. The summed E-state index contributed by atoms with van der Waals surface area (Å²) in [5, 5.41) is 6.44. The molecule has 0 unspecified atom stereocenters. The molecule has 12 heteroatoms. The molecule has 0 fully saturated rings. The fourth-order valence-electron chi connectivity index (χ4n) is 3.84. The molecule has 188 valence electrons. The fraction of sp³-hybridized carbons (Fsp3) is 0.120. The zero-order valence-electron chi connectivity index (χ0n) is 19.5. The predicted octanol–water partition coefficient (Wildman–Crippen LogP) is 4.07. The van der Waals surface area contributed by atoms with Gasteiger partial charge in [-0.15, -0.1) is 22.7 Å². The van der Waals surface area contributed by atoms with E-state index in [1.54, 1.807) is 53.6 Å². The van der Waals surface area contributed by atoms with E-state index < -0.39 is 10.0 Å². The molecule has 1 aliphatic rings. The van der Waals surface area contributed by atoms with Gasteiger partial charge < -0.3 is 10.2 Å². The maximum absolute atomic E-state index is 13.6. The molecule has 2 amide bonds. The number of hydrogen-bond acceptors (Lipinski definition) is 8. The number of thiophene rings is 2. The monoisotopic (exact) mass is 551 g/mol. The van der Waals surface area contributed by atoms with Crippen LogP contribution in [0.5, 0.6) is 0 Å². The second-order valence-corrected chi connectivity index (χ2v) is 11.7. The van der Waals surface area contributed by atoms with E-state index >= 15 is 0 Å². The number of fused-ring (bicyclic) bond motifs is 1. The summed E-state index contributed by atoms with van der Waals surface area (Å²) in [6.07, 6.45) is 3.60. The van der Waals surface area contributed by atoms with E-state index in [2.05, 4.69) is 20.0 Å². The van der Waals surface area contributed by atoms with Crippen molar-refractivity contribution < 1.29 is 18.0 Å². The largest absolute Gasteiger partial charge is 0.317 e. The average molecular weight is 552 g/mol. The Kier molecular flexibility index (Phi) is 6.87. The Morgan fingerprint density at radius 1 is 1.08 bits per heavy atom. The van der Waals surface area contributed by atoms with Gasteiger partial charge in [-0.3, -0.25) is 9.59 Å². The highest BCUT2D eigenvalue weighted by Gasteiger charge is 2.30. The van der Waals surface area contributed by atoms with E-state index in [0.717, 1.165) is 4.88 Å². The minimum absolute atomic E-state index is 0.0119. The van der Waals surface area contributed by atoms with Gasteiger partial charge in [0.15, 0.2) is 0 Å². The Bertz CT molecular complexity index is 1600. The number of aryl methyl sites for hydroxylation is 1. The van der Waals surface area contributed by atoms with Crippen molar-refractivity contribution in [2.24, 2.45) is 0 Å². The van der Waals surface area contributed by atoms with Crippen molar-refractivity contribution in [3.8, 4) is 0 Å². The average Bonchev–Trinajstić information content (AvgIpc) is 3.65. The maximum atomic E-state index is 13.6. The number of carbonyl (C=O) groups excluding carboxylic acids is 2. The SMILES string of the molecule is Cc1ccnc(NS(=O)(=O)c2ccc3c(c2)CCN3C(=O)/C(=C\c2cccs2)NC(=O)c2cccs2)n1. The second-order valence-electron chi connectivity index (χ2n) is 8.13. The number of carbonyl (C=O) groups is 2. The number of rotatable bonds is 7. The highest BCUT2D eigenvalue weighted by atomic mass is 32.2. The molecule has 0 saturated heterocycles. The molecular formula is C25H21N5O4S3. The van der Waals surface area contributed by atoms with Crippen molar-refractivity contribution in [1.82, 2.24) is 15.3 Å². The first-order valence-electron chi connectivity index (χ1n) is 11.2. The Morgan fingerprint density at radius 2 is 1.89 bits per heavy atom. The van der Waals surface area contributed by atoms with Crippen molar-refractivity contribution in [2.75, 3.05) is 16.2 Å². The summed E-state index contributed by atoms with van der Waals surface area (Å²) in [6.45, 7) is 2.09. The lowest BCUT2D eigenvalue weighted by Crippen LogP contribution is -2.37. The molecule has 5 rings (SSSR count). The lowest BCUT2D eigenvalue weighted by molar-refractivity contribution is -0.115. The minimum atomic E-state index is -3.93. The van der Waals surface area contributed by atoms with Gasteiger partial charge in [-0.1, -0.05) is 12.1 Å². The third-order valence-electron chi connectivity index (χ3n) is 5.58. The number of sulfonamides is 1. The molecule has 2 N–H and O–H groups in total. The minimum Gasteiger partial charge on any atom is -0.317 e. The molecule has 4 aromatic rings. The van der Waals surface area contributed by atoms with Gasteiger partial charge in [0.2, 0.25) is 5.95 Å². The smallest absolute Gasteiger partial charge is 0.274 e. The van der Waals surface area contributed by atoms with Crippen LogP contribution < -0.4 is 14.9 Å². The number of benzene rings is 1. The van der Waals surface area contributed by atoms with E-state index in [1.807, 2.05) is 17.5 Å². The molecule has 0 spiro atoms. The lowest BCUT2D eigenvalue weighted by atomic mass is 10.2. The molecule has 37 heavy (non-hydrogen) atoms. The number of nitrogens with one attached hydrogen (secondary N) is 2. The summed E-state index contributed by atoms with van der Waals surface area (Å²) in [4.78, 5) is 37.3. The maximum Gasteiger partial charge on any atom is 0.274 e. The summed E-state index contributed by atoms with van der Waals surface area (Å²) < 4.78 is 28.2. The first-order valence-corrected chi connectivity index (χ1v) is 14.4.